The molecular formula is C12H12BrFN4. The number of hydrogen-bond acceptors (Lipinski definition) is 4. The molecule has 0 saturated carbocycles. The average molecular weight is 311 g/mol. The minimum absolute atomic E-state index is 0.325. The summed E-state index contributed by atoms with van der Waals surface area (Å²) in [7, 11) is 0. The molecule has 94 valence electrons. The number of anilines is 1. The molecule has 1 aromatic heterocycles. The normalized spacial score (nSPS) is 12.4. The van der Waals surface area contributed by atoms with E-state index < -0.39 is 0 Å². The summed E-state index contributed by atoms with van der Waals surface area (Å²) in [5, 5.41) is 0. The first-order valence-electron chi connectivity index (χ1n) is 5.25. The first-order valence-corrected chi connectivity index (χ1v) is 6.04. The van der Waals surface area contributed by atoms with Crippen LogP contribution in [0, 0.1) is 5.82 Å². The second kappa shape index (κ2) is 5.43. The molecule has 0 saturated heterocycles. The molecule has 2 aromatic rings. The fourth-order valence-corrected chi connectivity index (χ4v) is 2.13. The summed E-state index contributed by atoms with van der Waals surface area (Å²) in [6.07, 6.45) is 1.60. The van der Waals surface area contributed by atoms with Crippen molar-refractivity contribution in [2.75, 3.05) is 5.73 Å². The van der Waals surface area contributed by atoms with Crippen LogP contribution in [-0.2, 0) is 0 Å². The van der Waals surface area contributed by atoms with Crippen molar-refractivity contribution in [1.82, 2.24) is 10.4 Å². The van der Waals surface area contributed by atoms with Crippen molar-refractivity contribution < 1.29 is 4.39 Å². The Labute approximate surface area is 112 Å². The topological polar surface area (TPSA) is 77.0 Å². The van der Waals surface area contributed by atoms with Gasteiger partial charge < -0.3 is 5.73 Å². The maximum Gasteiger partial charge on any atom is 0.137 e. The van der Waals surface area contributed by atoms with E-state index in [0.29, 0.717) is 10.3 Å². The van der Waals surface area contributed by atoms with Crippen LogP contribution in [0.1, 0.15) is 17.2 Å². The van der Waals surface area contributed by atoms with Crippen LogP contribution in [0.4, 0.5) is 10.2 Å². The molecule has 0 radical (unpaired) electrons. The van der Waals surface area contributed by atoms with Crippen LogP contribution in [0.15, 0.2) is 41.0 Å². The van der Waals surface area contributed by atoms with Crippen molar-refractivity contribution in [3.05, 3.63) is 57.9 Å². The van der Waals surface area contributed by atoms with Crippen molar-refractivity contribution >= 4 is 21.7 Å². The first kappa shape index (κ1) is 12.9. The molecule has 1 unspecified atom stereocenters. The standard InChI is InChI=1S/C12H12BrFN4/c13-9-6-7(3-4-10(9)14)11(18-16)8-2-1-5-17-12(8)15/h1-6,11,18H,16H2,(H2,15,17). The van der Waals surface area contributed by atoms with Gasteiger partial charge in [0.25, 0.3) is 0 Å². The minimum atomic E-state index is -0.337. The number of hydrazine groups is 1. The Balaban J connectivity index is 2.45. The molecular weight excluding hydrogens is 299 g/mol. The Morgan fingerprint density at radius 3 is 2.72 bits per heavy atom. The van der Waals surface area contributed by atoms with Crippen LogP contribution in [0.25, 0.3) is 0 Å². The summed E-state index contributed by atoms with van der Waals surface area (Å²) < 4.78 is 13.6. The van der Waals surface area contributed by atoms with E-state index in [0.717, 1.165) is 11.1 Å². The Hall–Kier alpha value is -1.50. The van der Waals surface area contributed by atoms with Gasteiger partial charge in [-0.05, 0) is 39.7 Å². The number of rotatable bonds is 3. The van der Waals surface area contributed by atoms with Gasteiger partial charge in [-0.15, -0.1) is 0 Å². The lowest BCUT2D eigenvalue weighted by atomic mass is 10.00. The third-order valence-corrected chi connectivity index (χ3v) is 3.23. The van der Waals surface area contributed by atoms with Gasteiger partial charge in [0.05, 0.1) is 10.5 Å². The van der Waals surface area contributed by atoms with Crippen molar-refractivity contribution in [3.63, 3.8) is 0 Å². The molecule has 0 amide bonds. The summed E-state index contributed by atoms with van der Waals surface area (Å²) in [6, 6.07) is 7.94. The van der Waals surface area contributed by atoms with E-state index >= 15 is 0 Å². The highest BCUT2D eigenvalue weighted by Gasteiger charge is 2.16. The largest absolute Gasteiger partial charge is 0.383 e. The Morgan fingerprint density at radius 2 is 2.11 bits per heavy atom. The van der Waals surface area contributed by atoms with E-state index in [4.69, 9.17) is 11.6 Å². The molecule has 0 bridgehead atoms. The van der Waals surface area contributed by atoms with Crippen LogP contribution in [0.5, 0.6) is 0 Å². The summed E-state index contributed by atoms with van der Waals surface area (Å²) in [6.45, 7) is 0. The number of pyridine rings is 1. The van der Waals surface area contributed by atoms with E-state index in [1.54, 1.807) is 24.4 Å². The lowest BCUT2D eigenvalue weighted by Gasteiger charge is -2.18. The zero-order valence-electron chi connectivity index (χ0n) is 9.40. The van der Waals surface area contributed by atoms with Gasteiger partial charge in [0.2, 0.25) is 0 Å². The summed E-state index contributed by atoms with van der Waals surface area (Å²) in [4.78, 5) is 4.01. The highest BCUT2D eigenvalue weighted by molar-refractivity contribution is 9.10. The van der Waals surface area contributed by atoms with Gasteiger partial charge in [-0.25, -0.2) is 14.8 Å². The van der Waals surface area contributed by atoms with Crippen molar-refractivity contribution in [1.29, 1.82) is 0 Å². The van der Waals surface area contributed by atoms with Gasteiger partial charge >= 0.3 is 0 Å². The van der Waals surface area contributed by atoms with Crippen molar-refractivity contribution in [2.45, 2.75) is 6.04 Å². The molecule has 6 heteroatoms. The van der Waals surface area contributed by atoms with Crippen LogP contribution in [0.2, 0.25) is 0 Å². The molecule has 1 atom stereocenters. The van der Waals surface area contributed by atoms with E-state index in [2.05, 4.69) is 26.3 Å². The van der Waals surface area contributed by atoms with Crippen molar-refractivity contribution in [3.8, 4) is 0 Å². The Kier molecular flexibility index (Phi) is 3.90. The number of nitrogens with two attached hydrogens (primary N) is 2. The molecule has 18 heavy (non-hydrogen) atoms. The zero-order valence-corrected chi connectivity index (χ0v) is 11.0. The number of nitrogens with one attached hydrogen (secondary N) is 1. The molecule has 4 nitrogen and oxygen atoms in total. The van der Waals surface area contributed by atoms with E-state index in [-0.39, 0.29) is 11.9 Å². The third kappa shape index (κ3) is 2.50. The molecule has 0 aliphatic carbocycles. The van der Waals surface area contributed by atoms with Gasteiger partial charge in [-0.2, -0.15) is 0 Å². The molecule has 0 fully saturated rings. The maximum absolute atomic E-state index is 13.2. The molecule has 1 aromatic carbocycles. The second-order valence-corrected chi connectivity index (χ2v) is 4.61. The lowest BCUT2D eigenvalue weighted by molar-refractivity contribution is 0.610. The van der Waals surface area contributed by atoms with E-state index in [1.165, 1.54) is 6.07 Å². The predicted octanol–water partition coefficient (Wildman–Crippen LogP) is 2.12. The fourth-order valence-electron chi connectivity index (χ4n) is 1.73. The molecule has 0 aliphatic heterocycles. The van der Waals surface area contributed by atoms with E-state index in [9.17, 15) is 4.39 Å². The molecule has 0 aliphatic rings. The van der Waals surface area contributed by atoms with Gasteiger partial charge in [0, 0.05) is 11.8 Å². The maximum atomic E-state index is 13.2. The molecule has 1 heterocycles. The summed E-state index contributed by atoms with van der Waals surface area (Å²) in [5.41, 5.74) is 10.0. The van der Waals surface area contributed by atoms with Gasteiger partial charge in [-0.1, -0.05) is 12.1 Å². The van der Waals surface area contributed by atoms with Crippen LogP contribution >= 0.6 is 15.9 Å². The molecule has 0 spiro atoms. The minimum Gasteiger partial charge on any atom is -0.383 e. The Morgan fingerprint density at radius 1 is 1.33 bits per heavy atom. The third-order valence-electron chi connectivity index (χ3n) is 2.63. The fraction of sp³-hybridized carbons (Fsp3) is 0.0833. The van der Waals surface area contributed by atoms with Crippen LogP contribution in [-0.4, -0.2) is 4.98 Å². The first-order chi connectivity index (χ1) is 8.63. The number of aromatic nitrogens is 1. The summed E-state index contributed by atoms with van der Waals surface area (Å²) >= 11 is 3.14. The smallest absolute Gasteiger partial charge is 0.137 e. The summed E-state index contributed by atoms with van der Waals surface area (Å²) in [5.74, 6) is 5.62. The number of halogens is 2. The number of nitrogens with zero attached hydrogens (tertiary/aromatic N) is 1. The lowest BCUT2D eigenvalue weighted by Crippen LogP contribution is -2.29. The second-order valence-electron chi connectivity index (χ2n) is 3.75. The Bertz CT molecular complexity index is 562. The molecule has 2 rings (SSSR count). The van der Waals surface area contributed by atoms with Crippen molar-refractivity contribution in [2.24, 2.45) is 5.84 Å². The average Bonchev–Trinajstić information content (AvgIpc) is 2.37. The monoisotopic (exact) mass is 310 g/mol. The van der Waals surface area contributed by atoms with Gasteiger partial charge in [0.15, 0.2) is 0 Å². The van der Waals surface area contributed by atoms with Crippen LogP contribution in [0.3, 0.4) is 0 Å². The molecule has 5 N–H and O–H groups in total. The highest BCUT2D eigenvalue weighted by atomic mass is 79.9. The SMILES string of the molecule is NNC(c1ccc(F)c(Br)c1)c1cccnc1N. The zero-order chi connectivity index (χ0) is 13.1. The number of nitrogen functional groups attached to an aromatic ring is 1. The predicted molar refractivity (Wildman–Crippen MR) is 71.9 cm³/mol. The van der Waals surface area contributed by atoms with Gasteiger partial charge in [-0.3, -0.25) is 5.84 Å². The number of hydrogen-bond donors (Lipinski definition) is 3. The number of benzene rings is 1. The van der Waals surface area contributed by atoms with Gasteiger partial charge in [0.1, 0.15) is 11.6 Å². The quantitative estimate of drug-likeness (QED) is 0.599. The highest BCUT2D eigenvalue weighted by Crippen LogP contribution is 2.27. The van der Waals surface area contributed by atoms with Crippen LogP contribution < -0.4 is 17.0 Å². The van der Waals surface area contributed by atoms with E-state index in [1.807, 2.05) is 6.07 Å².